The minimum absolute atomic E-state index is 0.0266. The molecule has 3 atom stereocenters. The second-order valence-corrected chi connectivity index (χ2v) is 23.0. The van der Waals surface area contributed by atoms with Crippen molar-refractivity contribution in [3.63, 3.8) is 0 Å². The summed E-state index contributed by atoms with van der Waals surface area (Å²) in [6.07, 6.45) is 64.9. The highest BCUT2D eigenvalue weighted by molar-refractivity contribution is 7.47. The quantitative estimate of drug-likeness (QED) is 0.0305. The molecule has 0 amide bonds. The monoisotopic (exact) mass is 1030 g/mol. The van der Waals surface area contributed by atoms with Crippen LogP contribution in [0, 0.1) is 0 Å². The molecule has 0 aliphatic heterocycles. The number of phosphoric ester groups is 1. The fourth-order valence-corrected chi connectivity index (χ4v) is 10.4. The lowest BCUT2D eigenvalue weighted by Crippen LogP contribution is -2.34. The van der Waals surface area contributed by atoms with Gasteiger partial charge in [-0.1, -0.05) is 316 Å². The van der Waals surface area contributed by atoms with Gasteiger partial charge in [0.2, 0.25) is 0 Å². The molecule has 71 heavy (non-hydrogen) atoms. The van der Waals surface area contributed by atoms with Gasteiger partial charge < -0.3 is 25.2 Å². The van der Waals surface area contributed by atoms with Crippen molar-refractivity contribution in [3.8, 4) is 0 Å². The summed E-state index contributed by atoms with van der Waals surface area (Å²) in [4.78, 5) is 33.8. The van der Waals surface area contributed by atoms with Crippen LogP contribution in [0.4, 0.5) is 0 Å². The zero-order chi connectivity index (χ0) is 51.8. The molecule has 1 unspecified atom stereocenters. The molecular formula is C60H120NO9P. The second-order valence-electron chi connectivity index (χ2n) is 21.6. The molecule has 0 aliphatic rings. The first kappa shape index (κ1) is 70.0. The largest absolute Gasteiger partial charge is 0.480 e. The van der Waals surface area contributed by atoms with Gasteiger partial charge in [0.05, 0.1) is 19.8 Å². The average molecular weight is 1030 g/mol. The van der Waals surface area contributed by atoms with Gasteiger partial charge in [0, 0.05) is 13.0 Å². The SMILES string of the molecule is CCCCCCCCCCCCCCCCCCCCCCCCCCCCCCCCCCCC(=O)O[C@H](COCCCCCCCCCCCCCCCCCC)COP(=O)(O)OC[C@H](N)C(=O)O. The number of esters is 1. The summed E-state index contributed by atoms with van der Waals surface area (Å²) in [6.45, 7) is 3.98. The fourth-order valence-electron chi connectivity index (χ4n) is 9.61. The third-order valence-corrected chi connectivity index (χ3v) is 15.3. The molecule has 0 aromatic heterocycles. The predicted molar refractivity (Wildman–Crippen MR) is 300 cm³/mol. The van der Waals surface area contributed by atoms with Crippen molar-refractivity contribution < 1.29 is 42.7 Å². The van der Waals surface area contributed by atoms with E-state index in [0.717, 1.165) is 38.5 Å². The van der Waals surface area contributed by atoms with Crippen LogP contribution in [0.2, 0.25) is 0 Å². The van der Waals surface area contributed by atoms with E-state index in [1.807, 2.05) is 0 Å². The fraction of sp³-hybridized carbons (Fsp3) is 0.967. The van der Waals surface area contributed by atoms with Crippen molar-refractivity contribution in [2.45, 2.75) is 347 Å². The Kier molecular flexibility index (Phi) is 55.9. The second kappa shape index (κ2) is 56.7. The highest BCUT2D eigenvalue weighted by Gasteiger charge is 2.27. The van der Waals surface area contributed by atoms with Crippen molar-refractivity contribution in [1.82, 2.24) is 0 Å². The summed E-state index contributed by atoms with van der Waals surface area (Å²) >= 11 is 0. The van der Waals surface area contributed by atoms with Crippen molar-refractivity contribution in [2.24, 2.45) is 5.73 Å². The van der Waals surface area contributed by atoms with Gasteiger partial charge in [0.25, 0.3) is 0 Å². The van der Waals surface area contributed by atoms with E-state index in [2.05, 4.69) is 13.8 Å². The predicted octanol–water partition coefficient (Wildman–Crippen LogP) is 19.0. The topological polar surface area (TPSA) is 155 Å². The Bertz CT molecular complexity index is 1150. The van der Waals surface area contributed by atoms with Crippen molar-refractivity contribution in [2.75, 3.05) is 26.4 Å². The molecule has 0 aromatic carbocycles. The lowest BCUT2D eigenvalue weighted by atomic mass is 10.0. The summed E-state index contributed by atoms with van der Waals surface area (Å²) in [7, 11) is -4.62. The number of hydrogen-bond donors (Lipinski definition) is 3. The lowest BCUT2D eigenvalue weighted by molar-refractivity contribution is -0.154. The molecule has 424 valence electrons. The molecule has 0 spiro atoms. The Morgan fingerprint density at radius 2 is 0.648 bits per heavy atom. The van der Waals surface area contributed by atoms with Crippen LogP contribution in [-0.4, -0.2) is 60.5 Å². The number of carbonyl (C=O) groups is 2. The molecule has 0 aromatic rings. The molecule has 0 fully saturated rings. The van der Waals surface area contributed by atoms with Crippen LogP contribution in [0.1, 0.15) is 335 Å². The third kappa shape index (κ3) is 56.5. The summed E-state index contributed by atoms with van der Waals surface area (Å²) < 4.78 is 33.6. The number of phosphoric acid groups is 1. The Morgan fingerprint density at radius 3 is 0.930 bits per heavy atom. The summed E-state index contributed by atoms with van der Waals surface area (Å²) in [5.41, 5.74) is 5.39. The Balaban J connectivity index is 3.86. The van der Waals surface area contributed by atoms with Crippen LogP contribution in [-0.2, 0) is 32.7 Å². The van der Waals surface area contributed by atoms with E-state index < -0.39 is 45.1 Å². The molecule has 4 N–H and O–H groups in total. The van der Waals surface area contributed by atoms with Gasteiger partial charge in [0.1, 0.15) is 12.1 Å². The Morgan fingerprint density at radius 1 is 0.394 bits per heavy atom. The maximum absolute atomic E-state index is 12.8. The Hall–Kier alpha value is -1.03. The van der Waals surface area contributed by atoms with Crippen LogP contribution in [0.15, 0.2) is 0 Å². The van der Waals surface area contributed by atoms with Crippen LogP contribution < -0.4 is 5.73 Å². The van der Waals surface area contributed by atoms with Crippen LogP contribution >= 0.6 is 7.82 Å². The van der Waals surface area contributed by atoms with Crippen molar-refractivity contribution >= 4 is 19.8 Å². The molecule has 0 saturated heterocycles. The molecule has 0 aliphatic carbocycles. The number of rotatable bonds is 61. The van der Waals surface area contributed by atoms with E-state index in [1.165, 1.54) is 276 Å². The summed E-state index contributed by atoms with van der Waals surface area (Å²) in [5.74, 6) is -1.76. The molecule has 0 rings (SSSR count). The van der Waals surface area contributed by atoms with Gasteiger partial charge in [-0.05, 0) is 12.8 Å². The minimum atomic E-state index is -4.62. The highest BCUT2D eigenvalue weighted by atomic mass is 31.2. The van der Waals surface area contributed by atoms with E-state index in [9.17, 15) is 19.0 Å². The molecule has 0 saturated carbocycles. The summed E-state index contributed by atoms with van der Waals surface area (Å²) in [5, 5.41) is 8.95. The van der Waals surface area contributed by atoms with Gasteiger partial charge in [-0.15, -0.1) is 0 Å². The first-order valence-electron chi connectivity index (χ1n) is 31.1. The van der Waals surface area contributed by atoms with Crippen LogP contribution in [0.25, 0.3) is 0 Å². The number of carboxylic acids is 1. The molecule has 0 heterocycles. The molecular weight excluding hydrogens is 910 g/mol. The number of ether oxygens (including phenoxy) is 2. The van der Waals surface area contributed by atoms with Crippen LogP contribution in [0.3, 0.4) is 0 Å². The molecule has 0 bridgehead atoms. The zero-order valence-corrected chi connectivity index (χ0v) is 48.0. The van der Waals surface area contributed by atoms with Gasteiger partial charge in [-0.25, -0.2) is 4.57 Å². The van der Waals surface area contributed by atoms with E-state index >= 15 is 0 Å². The molecule has 0 radical (unpaired) electrons. The van der Waals surface area contributed by atoms with Crippen molar-refractivity contribution in [3.05, 3.63) is 0 Å². The van der Waals surface area contributed by atoms with E-state index in [-0.39, 0.29) is 13.0 Å². The number of carboxylic acid groups (broad SMARTS) is 1. The summed E-state index contributed by atoms with van der Waals surface area (Å²) in [6, 6.07) is -1.47. The lowest BCUT2D eigenvalue weighted by Gasteiger charge is -2.20. The number of unbranched alkanes of at least 4 members (excludes halogenated alkanes) is 47. The zero-order valence-electron chi connectivity index (χ0n) is 47.1. The molecule has 10 nitrogen and oxygen atoms in total. The average Bonchev–Trinajstić information content (AvgIpc) is 3.35. The normalized spacial score (nSPS) is 13.4. The van der Waals surface area contributed by atoms with Gasteiger partial charge in [-0.2, -0.15) is 0 Å². The number of nitrogens with two attached hydrogens (primary N) is 1. The highest BCUT2D eigenvalue weighted by Crippen LogP contribution is 2.43. The Labute approximate surface area is 440 Å². The maximum Gasteiger partial charge on any atom is 0.472 e. The molecule has 11 heteroatoms. The van der Waals surface area contributed by atoms with Gasteiger partial charge in [-0.3, -0.25) is 18.6 Å². The van der Waals surface area contributed by atoms with E-state index in [1.54, 1.807) is 0 Å². The minimum Gasteiger partial charge on any atom is -0.480 e. The first-order chi connectivity index (χ1) is 34.7. The smallest absolute Gasteiger partial charge is 0.472 e. The first-order valence-corrected chi connectivity index (χ1v) is 32.6. The van der Waals surface area contributed by atoms with E-state index in [4.69, 9.17) is 29.4 Å². The van der Waals surface area contributed by atoms with E-state index in [0.29, 0.717) is 6.61 Å². The maximum atomic E-state index is 12.8. The van der Waals surface area contributed by atoms with Gasteiger partial charge >= 0.3 is 19.8 Å². The van der Waals surface area contributed by atoms with Crippen LogP contribution in [0.5, 0.6) is 0 Å². The number of carbonyl (C=O) groups excluding carboxylic acids is 1. The third-order valence-electron chi connectivity index (χ3n) is 14.4. The standard InChI is InChI=1S/C60H120NO9P/c1-3-5-7-9-11-13-15-17-19-21-22-23-24-25-26-27-28-29-30-31-32-33-34-35-36-37-38-40-42-44-46-48-50-52-59(62)70-57(55-68-71(65,66)69-56-58(61)60(63)64)54-67-53-51-49-47-45-43-41-39-20-18-16-14-12-10-8-6-4-2/h57-58H,3-56,61H2,1-2H3,(H,63,64)(H,65,66)/t57-,58+/m1/s1. The van der Waals surface area contributed by atoms with Gasteiger partial charge in [0.15, 0.2) is 0 Å². The van der Waals surface area contributed by atoms with Crippen molar-refractivity contribution in [1.29, 1.82) is 0 Å². The number of hydrogen-bond acceptors (Lipinski definition) is 8. The number of aliphatic carboxylic acids is 1.